The standard InChI is InChI=1S/C17H17N5O/c1-12(2)19-17(23)15-16(13-7-6-10-18-11-13)22(21-20-15)14-8-4-3-5-9-14/h3-12H,1-2H3,(H,19,23). The summed E-state index contributed by atoms with van der Waals surface area (Å²) in [7, 11) is 0. The zero-order valence-electron chi connectivity index (χ0n) is 13.0. The summed E-state index contributed by atoms with van der Waals surface area (Å²) in [6, 6.07) is 13.3. The molecule has 0 saturated carbocycles. The Kier molecular flexibility index (Phi) is 4.14. The van der Waals surface area contributed by atoms with Crippen molar-refractivity contribution in [2.24, 2.45) is 0 Å². The molecule has 0 atom stereocenters. The lowest BCUT2D eigenvalue weighted by Crippen LogP contribution is -2.30. The van der Waals surface area contributed by atoms with Gasteiger partial charge in [-0.25, -0.2) is 4.68 Å². The number of carbonyl (C=O) groups excluding carboxylic acids is 1. The third-order valence-electron chi connectivity index (χ3n) is 3.24. The molecule has 3 rings (SSSR count). The molecule has 0 radical (unpaired) electrons. The van der Waals surface area contributed by atoms with E-state index in [4.69, 9.17) is 0 Å². The van der Waals surface area contributed by atoms with Gasteiger partial charge in [0.25, 0.3) is 5.91 Å². The van der Waals surface area contributed by atoms with Gasteiger partial charge < -0.3 is 5.32 Å². The van der Waals surface area contributed by atoms with Crippen LogP contribution in [0.5, 0.6) is 0 Å². The van der Waals surface area contributed by atoms with E-state index >= 15 is 0 Å². The molecule has 3 aromatic rings. The van der Waals surface area contributed by atoms with Crippen LogP contribution in [0, 0.1) is 0 Å². The van der Waals surface area contributed by atoms with Gasteiger partial charge in [0.2, 0.25) is 0 Å². The number of nitrogens with one attached hydrogen (secondary N) is 1. The SMILES string of the molecule is CC(C)NC(=O)c1nnn(-c2ccccc2)c1-c1cccnc1. The van der Waals surface area contributed by atoms with Crippen molar-refractivity contribution in [3.05, 3.63) is 60.6 Å². The summed E-state index contributed by atoms with van der Waals surface area (Å²) in [5.41, 5.74) is 2.54. The molecule has 23 heavy (non-hydrogen) atoms. The van der Waals surface area contributed by atoms with E-state index in [1.54, 1.807) is 17.1 Å². The van der Waals surface area contributed by atoms with Gasteiger partial charge in [-0.2, -0.15) is 0 Å². The van der Waals surface area contributed by atoms with Crippen molar-refractivity contribution in [2.75, 3.05) is 0 Å². The van der Waals surface area contributed by atoms with Crippen LogP contribution in [0.3, 0.4) is 0 Å². The number of para-hydroxylation sites is 1. The zero-order valence-corrected chi connectivity index (χ0v) is 13.0. The summed E-state index contributed by atoms with van der Waals surface area (Å²) in [5.74, 6) is -0.249. The highest BCUT2D eigenvalue weighted by Gasteiger charge is 2.22. The first-order valence-corrected chi connectivity index (χ1v) is 7.39. The summed E-state index contributed by atoms with van der Waals surface area (Å²) in [6.07, 6.45) is 3.39. The molecular weight excluding hydrogens is 290 g/mol. The van der Waals surface area contributed by atoms with Gasteiger partial charge in [-0.15, -0.1) is 5.10 Å². The third-order valence-corrected chi connectivity index (χ3v) is 3.24. The van der Waals surface area contributed by atoms with E-state index in [2.05, 4.69) is 20.6 Å². The largest absolute Gasteiger partial charge is 0.348 e. The highest BCUT2D eigenvalue weighted by Crippen LogP contribution is 2.24. The van der Waals surface area contributed by atoms with E-state index in [0.29, 0.717) is 5.69 Å². The minimum atomic E-state index is -0.249. The first-order valence-electron chi connectivity index (χ1n) is 7.39. The molecule has 116 valence electrons. The maximum absolute atomic E-state index is 12.4. The van der Waals surface area contributed by atoms with Gasteiger partial charge in [-0.3, -0.25) is 9.78 Å². The van der Waals surface area contributed by atoms with E-state index in [0.717, 1.165) is 11.3 Å². The topological polar surface area (TPSA) is 72.7 Å². The predicted octanol–water partition coefficient (Wildman–Crippen LogP) is 2.47. The first kappa shape index (κ1) is 14.9. The van der Waals surface area contributed by atoms with Crippen molar-refractivity contribution < 1.29 is 4.79 Å². The summed E-state index contributed by atoms with van der Waals surface area (Å²) in [6.45, 7) is 3.81. The second-order valence-electron chi connectivity index (χ2n) is 5.40. The molecule has 0 aliphatic heterocycles. The first-order chi connectivity index (χ1) is 11.2. The van der Waals surface area contributed by atoms with Crippen LogP contribution in [0.1, 0.15) is 24.3 Å². The van der Waals surface area contributed by atoms with Crippen LogP contribution >= 0.6 is 0 Å². The maximum Gasteiger partial charge on any atom is 0.274 e. The number of rotatable bonds is 4. The highest BCUT2D eigenvalue weighted by atomic mass is 16.2. The quantitative estimate of drug-likeness (QED) is 0.803. The fourth-order valence-corrected chi connectivity index (χ4v) is 2.28. The number of hydrogen-bond acceptors (Lipinski definition) is 4. The third kappa shape index (κ3) is 3.11. The smallest absolute Gasteiger partial charge is 0.274 e. The Hall–Kier alpha value is -3.02. The fourth-order valence-electron chi connectivity index (χ4n) is 2.28. The normalized spacial score (nSPS) is 10.7. The molecule has 1 amide bonds. The van der Waals surface area contributed by atoms with Gasteiger partial charge in [0.1, 0.15) is 5.69 Å². The molecule has 0 aliphatic carbocycles. The molecule has 1 N–H and O–H groups in total. The Bertz CT molecular complexity index is 796. The van der Waals surface area contributed by atoms with Crippen LogP contribution in [-0.4, -0.2) is 31.9 Å². The number of hydrogen-bond donors (Lipinski definition) is 1. The molecule has 0 aliphatic rings. The molecule has 0 fully saturated rings. The second kappa shape index (κ2) is 6.39. The molecule has 0 saturated heterocycles. The lowest BCUT2D eigenvalue weighted by atomic mass is 10.1. The Morgan fingerprint density at radius 1 is 1.13 bits per heavy atom. The average Bonchev–Trinajstić information content (AvgIpc) is 3.01. The molecule has 6 nitrogen and oxygen atoms in total. The van der Waals surface area contributed by atoms with Gasteiger partial charge >= 0.3 is 0 Å². The molecule has 0 unspecified atom stereocenters. The lowest BCUT2D eigenvalue weighted by Gasteiger charge is -2.10. The van der Waals surface area contributed by atoms with Crippen molar-refractivity contribution in [3.8, 4) is 16.9 Å². The number of nitrogens with zero attached hydrogens (tertiary/aromatic N) is 4. The lowest BCUT2D eigenvalue weighted by molar-refractivity contribution is 0.0938. The van der Waals surface area contributed by atoms with E-state index in [-0.39, 0.29) is 17.6 Å². The molecular formula is C17H17N5O. The van der Waals surface area contributed by atoms with Crippen LogP contribution in [0.2, 0.25) is 0 Å². The number of aromatic nitrogens is 4. The molecule has 1 aromatic carbocycles. The van der Waals surface area contributed by atoms with E-state index in [1.807, 2.05) is 56.3 Å². The van der Waals surface area contributed by atoms with Crippen LogP contribution in [0.4, 0.5) is 0 Å². The minimum Gasteiger partial charge on any atom is -0.348 e. The van der Waals surface area contributed by atoms with E-state index < -0.39 is 0 Å². The molecule has 2 aromatic heterocycles. The Morgan fingerprint density at radius 2 is 1.91 bits per heavy atom. The van der Waals surface area contributed by atoms with Gasteiger partial charge in [0.15, 0.2) is 5.69 Å². The summed E-state index contributed by atoms with van der Waals surface area (Å²) in [5, 5.41) is 11.1. The Morgan fingerprint density at radius 3 is 2.57 bits per heavy atom. The summed E-state index contributed by atoms with van der Waals surface area (Å²) in [4.78, 5) is 16.6. The maximum atomic E-state index is 12.4. The molecule has 0 bridgehead atoms. The van der Waals surface area contributed by atoms with Gasteiger partial charge in [-0.1, -0.05) is 23.4 Å². The van der Waals surface area contributed by atoms with Crippen molar-refractivity contribution in [2.45, 2.75) is 19.9 Å². The zero-order chi connectivity index (χ0) is 16.2. The second-order valence-corrected chi connectivity index (χ2v) is 5.40. The number of benzene rings is 1. The van der Waals surface area contributed by atoms with Gasteiger partial charge in [-0.05, 0) is 38.1 Å². The monoisotopic (exact) mass is 307 g/mol. The summed E-state index contributed by atoms with van der Waals surface area (Å²) < 4.78 is 1.66. The van der Waals surface area contributed by atoms with Crippen LogP contribution < -0.4 is 5.32 Å². The number of carbonyl (C=O) groups is 1. The predicted molar refractivity (Wildman–Crippen MR) is 87.2 cm³/mol. The molecule has 2 heterocycles. The van der Waals surface area contributed by atoms with Crippen LogP contribution in [0.25, 0.3) is 16.9 Å². The van der Waals surface area contributed by atoms with Crippen molar-refractivity contribution >= 4 is 5.91 Å². The van der Waals surface area contributed by atoms with Crippen LogP contribution in [-0.2, 0) is 0 Å². The average molecular weight is 307 g/mol. The number of pyridine rings is 1. The Labute approximate surface area is 134 Å². The van der Waals surface area contributed by atoms with E-state index in [1.165, 1.54) is 0 Å². The van der Waals surface area contributed by atoms with Crippen LogP contribution in [0.15, 0.2) is 54.9 Å². The number of amides is 1. The van der Waals surface area contributed by atoms with Gasteiger partial charge in [0.05, 0.1) is 5.69 Å². The summed E-state index contributed by atoms with van der Waals surface area (Å²) >= 11 is 0. The van der Waals surface area contributed by atoms with E-state index in [9.17, 15) is 4.79 Å². The molecule has 0 spiro atoms. The van der Waals surface area contributed by atoms with Crippen molar-refractivity contribution in [1.82, 2.24) is 25.3 Å². The van der Waals surface area contributed by atoms with Gasteiger partial charge in [0, 0.05) is 24.0 Å². The van der Waals surface area contributed by atoms with Crippen molar-refractivity contribution in [1.29, 1.82) is 0 Å². The van der Waals surface area contributed by atoms with Crippen molar-refractivity contribution in [3.63, 3.8) is 0 Å². The molecule has 6 heteroatoms. The Balaban J connectivity index is 2.15. The minimum absolute atomic E-state index is 0.0196. The highest BCUT2D eigenvalue weighted by molar-refractivity contribution is 5.98. The fraction of sp³-hybridized carbons (Fsp3) is 0.176.